The highest BCUT2D eigenvalue weighted by molar-refractivity contribution is 6.53. The third-order valence-corrected chi connectivity index (χ3v) is 3.26. The fourth-order valence-corrected chi connectivity index (χ4v) is 2.23. The van der Waals surface area contributed by atoms with Crippen molar-refractivity contribution in [3.05, 3.63) is 71.3 Å². The smallest absolute Gasteiger partial charge is 0.276 e. The molecule has 1 aliphatic heterocycles. The summed E-state index contributed by atoms with van der Waals surface area (Å²) in [6.45, 7) is 1.94. The quantitative estimate of drug-likeness (QED) is 0.682. The van der Waals surface area contributed by atoms with Crippen molar-refractivity contribution in [2.45, 2.75) is 6.92 Å². The molecule has 0 atom stereocenters. The molecule has 0 radical (unpaired) electrons. The Bertz CT molecular complexity index is 789. The molecule has 0 bridgehead atoms. The van der Waals surface area contributed by atoms with E-state index in [0.29, 0.717) is 5.71 Å². The third kappa shape index (κ3) is 3.01. The van der Waals surface area contributed by atoms with Gasteiger partial charge in [-0.15, -0.1) is 5.10 Å². The summed E-state index contributed by atoms with van der Waals surface area (Å²) in [4.78, 5) is 11.9. The van der Waals surface area contributed by atoms with Gasteiger partial charge in [-0.1, -0.05) is 54.6 Å². The number of amides is 1. The van der Waals surface area contributed by atoms with E-state index in [1.165, 1.54) is 0 Å². The number of anilines is 1. The van der Waals surface area contributed by atoms with Crippen LogP contribution in [0.5, 0.6) is 0 Å². The van der Waals surface area contributed by atoms with E-state index in [-0.39, 0.29) is 5.91 Å². The average Bonchev–Trinajstić information content (AvgIpc) is 2.84. The first kappa shape index (κ1) is 13.9. The summed E-state index contributed by atoms with van der Waals surface area (Å²) < 4.78 is 0. The molecule has 2 aromatic rings. The minimum atomic E-state index is -0.219. The number of rotatable bonds is 3. The first-order valence-corrected chi connectivity index (χ1v) is 6.99. The van der Waals surface area contributed by atoms with E-state index in [1.807, 2.05) is 67.6 Å². The Morgan fingerprint density at radius 2 is 1.77 bits per heavy atom. The predicted octanol–water partition coefficient (Wildman–Crippen LogP) is 3.52. The molecule has 4 heteroatoms. The zero-order chi connectivity index (χ0) is 15.4. The van der Waals surface area contributed by atoms with Crippen molar-refractivity contribution in [1.82, 2.24) is 0 Å². The summed E-state index contributed by atoms with van der Waals surface area (Å²) in [7, 11) is 0. The van der Waals surface area contributed by atoms with Crippen LogP contribution in [0.4, 0.5) is 5.69 Å². The summed E-state index contributed by atoms with van der Waals surface area (Å²) >= 11 is 0. The van der Waals surface area contributed by atoms with E-state index in [0.717, 1.165) is 22.4 Å². The first-order chi connectivity index (χ1) is 10.7. The zero-order valence-corrected chi connectivity index (χ0v) is 12.2. The van der Waals surface area contributed by atoms with Gasteiger partial charge in [0, 0.05) is 5.56 Å². The monoisotopic (exact) mass is 289 g/mol. The van der Waals surface area contributed by atoms with Gasteiger partial charge in [-0.25, -0.2) is 0 Å². The molecule has 1 amide bonds. The Morgan fingerprint density at radius 1 is 1.05 bits per heavy atom. The number of carbonyl (C=O) groups excluding carboxylic acids is 1. The molecular weight excluding hydrogens is 274 g/mol. The van der Waals surface area contributed by atoms with E-state index >= 15 is 0 Å². The Kier molecular flexibility index (Phi) is 3.92. The SMILES string of the molecule is CC(/C=N/N=C1\C(=O)Nc2ccccc21)=C\c1ccccc1. The lowest BCUT2D eigenvalue weighted by Gasteiger charge is -1.94. The highest BCUT2D eigenvalue weighted by Crippen LogP contribution is 2.22. The third-order valence-electron chi connectivity index (χ3n) is 3.26. The van der Waals surface area contributed by atoms with Gasteiger partial charge in [0.2, 0.25) is 0 Å². The van der Waals surface area contributed by atoms with Gasteiger partial charge in [-0.3, -0.25) is 4.79 Å². The number of benzene rings is 2. The molecule has 0 fully saturated rings. The normalized spacial score (nSPS) is 16.1. The zero-order valence-electron chi connectivity index (χ0n) is 12.2. The lowest BCUT2D eigenvalue weighted by atomic mass is 10.1. The number of fused-ring (bicyclic) bond motifs is 1. The van der Waals surface area contributed by atoms with Gasteiger partial charge < -0.3 is 5.32 Å². The van der Waals surface area contributed by atoms with Crippen molar-refractivity contribution in [1.29, 1.82) is 0 Å². The molecular formula is C18H15N3O. The summed E-state index contributed by atoms with van der Waals surface area (Å²) in [6, 6.07) is 17.4. The molecule has 1 aliphatic rings. The standard InChI is InChI=1S/C18H15N3O/c1-13(11-14-7-3-2-4-8-14)12-19-21-17-15-9-5-6-10-16(15)20-18(17)22/h2-12H,1H3,(H,20,21,22)/b13-11+,19-12+. The molecule has 22 heavy (non-hydrogen) atoms. The van der Waals surface area contributed by atoms with Crippen molar-refractivity contribution in [3.8, 4) is 0 Å². The van der Waals surface area contributed by atoms with Gasteiger partial charge in [-0.2, -0.15) is 5.10 Å². The second kappa shape index (κ2) is 6.18. The molecule has 0 aromatic heterocycles. The van der Waals surface area contributed by atoms with E-state index in [9.17, 15) is 4.79 Å². The van der Waals surface area contributed by atoms with Crippen LogP contribution in [0.15, 0.2) is 70.4 Å². The Balaban J connectivity index is 1.79. The van der Waals surface area contributed by atoms with E-state index in [2.05, 4.69) is 15.5 Å². The topological polar surface area (TPSA) is 53.8 Å². The molecule has 0 unspecified atom stereocenters. The number of para-hydroxylation sites is 1. The summed E-state index contributed by atoms with van der Waals surface area (Å²) in [5, 5.41) is 10.9. The number of allylic oxidation sites excluding steroid dienone is 1. The molecule has 108 valence electrons. The minimum absolute atomic E-state index is 0.219. The maximum absolute atomic E-state index is 11.9. The van der Waals surface area contributed by atoms with Crippen molar-refractivity contribution in [3.63, 3.8) is 0 Å². The van der Waals surface area contributed by atoms with E-state index in [1.54, 1.807) is 6.21 Å². The van der Waals surface area contributed by atoms with Crippen molar-refractivity contribution < 1.29 is 4.79 Å². The van der Waals surface area contributed by atoms with Crippen LogP contribution in [0.2, 0.25) is 0 Å². The molecule has 0 spiro atoms. The molecule has 1 heterocycles. The summed E-state index contributed by atoms with van der Waals surface area (Å²) in [5.74, 6) is -0.219. The number of hydrogen-bond acceptors (Lipinski definition) is 3. The van der Waals surface area contributed by atoms with Crippen LogP contribution in [0.25, 0.3) is 6.08 Å². The molecule has 0 aliphatic carbocycles. The number of hydrogen-bond donors (Lipinski definition) is 1. The number of nitrogens with one attached hydrogen (secondary N) is 1. The fraction of sp³-hybridized carbons (Fsp3) is 0.0556. The average molecular weight is 289 g/mol. The fourth-order valence-electron chi connectivity index (χ4n) is 2.23. The minimum Gasteiger partial charge on any atom is -0.320 e. The molecule has 0 saturated carbocycles. The predicted molar refractivity (Wildman–Crippen MR) is 90.2 cm³/mol. The van der Waals surface area contributed by atoms with Gasteiger partial charge in [0.05, 0.1) is 11.9 Å². The highest BCUT2D eigenvalue weighted by atomic mass is 16.2. The van der Waals surface area contributed by atoms with Crippen molar-refractivity contribution in [2.24, 2.45) is 10.2 Å². The van der Waals surface area contributed by atoms with Crippen LogP contribution in [-0.2, 0) is 4.79 Å². The lowest BCUT2D eigenvalue weighted by Crippen LogP contribution is -2.13. The van der Waals surface area contributed by atoms with Crippen LogP contribution >= 0.6 is 0 Å². The second-order valence-electron chi connectivity index (χ2n) is 4.99. The van der Waals surface area contributed by atoms with Crippen molar-refractivity contribution >= 4 is 29.6 Å². The van der Waals surface area contributed by atoms with Gasteiger partial charge >= 0.3 is 0 Å². The van der Waals surface area contributed by atoms with Crippen LogP contribution < -0.4 is 5.32 Å². The van der Waals surface area contributed by atoms with Crippen molar-refractivity contribution in [2.75, 3.05) is 5.32 Å². The van der Waals surface area contributed by atoms with Gasteiger partial charge in [0.15, 0.2) is 5.71 Å². The Morgan fingerprint density at radius 3 is 2.59 bits per heavy atom. The molecule has 1 N–H and O–H groups in total. The highest BCUT2D eigenvalue weighted by Gasteiger charge is 2.25. The van der Waals surface area contributed by atoms with E-state index < -0.39 is 0 Å². The lowest BCUT2D eigenvalue weighted by molar-refractivity contribution is -0.110. The van der Waals surface area contributed by atoms with Crippen LogP contribution in [0, 0.1) is 0 Å². The molecule has 4 nitrogen and oxygen atoms in total. The van der Waals surface area contributed by atoms with Crippen LogP contribution in [0.1, 0.15) is 18.1 Å². The number of carbonyl (C=O) groups is 1. The maximum Gasteiger partial charge on any atom is 0.276 e. The van der Waals surface area contributed by atoms with Gasteiger partial charge in [0.1, 0.15) is 0 Å². The van der Waals surface area contributed by atoms with Gasteiger partial charge in [0.25, 0.3) is 5.91 Å². The largest absolute Gasteiger partial charge is 0.320 e. The van der Waals surface area contributed by atoms with E-state index in [4.69, 9.17) is 0 Å². The molecule has 0 saturated heterocycles. The first-order valence-electron chi connectivity index (χ1n) is 6.99. The Hall–Kier alpha value is -3.01. The van der Waals surface area contributed by atoms with Gasteiger partial charge in [-0.05, 0) is 24.1 Å². The number of nitrogens with zero attached hydrogens (tertiary/aromatic N) is 2. The molecule has 2 aromatic carbocycles. The summed E-state index contributed by atoms with van der Waals surface area (Å²) in [6.07, 6.45) is 3.65. The molecule has 3 rings (SSSR count). The van der Waals surface area contributed by atoms with Crippen LogP contribution in [0.3, 0.4) is 0 Å². The Labute approximate surface area is 128 Å². The van der Waals surface area contributed by atoms with Crippen LogP contribution in [-0.4, -0.2) is 17.8 Å². The second-order valence-corrected chi connectivity index (χ2v) is 4.99. The summed E-state index contributed by atoms with van der Waals surface area (Å²) in [5.41, 5.74) is 3.97. The maximum atomic E-state index is 11.9.